The molecular weight excluding hydrogens is 528 g/mol. The van der Waals surface area contributed by atoms with E-state index in [4.69, 9.17) is 22.1 Å². The average Bonchev–Trinajstić information content (AvgIpc) is 3.63. The normalized spacial score (nSPS) is 14.8. The fraction of sp³-hybridized carbons (Fsp3) is 0.129. The van der Waals surface area contributed by atoms with E-state index in [1.165, 1.54) is 0 Å². The molecular formula is C31H23ClN4O4. The molecule has 0 saturated carbocycles. The summed E-state index contributed by atoms with van der Waals surface area (Å²) in [6, 6.07) is 20.6. The molecule has 0 unspecified atom stereocenters. The number of anilines is 2. The lowest BCUT2D eigenvalue weighted by atomic mass is 9.93. The highest BCUT2D eigenvalue weighted by molar-refractivity contribution is 6.31. The van der Waals surface area contributed by atoms with Crippen LogP contribution in [0.3, 0.4) is 0 Å². The van der Waals surface area contributed by atoms with Crippen molar-refractivity contribution in [1.29, 1.82) is 0 Å². The first kappa shape index (κ1) is 24.2. The maximum Gasteiger partial charge on any atom is 0.414 e. The number of carbonyl (C=O) groups is 3. The van der Waals surface area contributed by atoms with Gasteiger partial charge in [0.1, 0.15) is 6.61 Å². The molecule has 1 aromatic heterocycles. The Balaban J connectivity index is 1.40. The minimum Gasteiger partial charge on any atom is -0.447 e. The van der Waals surface area contributed by atoms with Crippen molar-refractivity contribution in [1.82, 2.24) is 4.98 Å². The molecule has 0 atom stereocenters. The number of rotatable bonds is 4. The smallest absolute Gasteiger partial charge is 0.414 e. The van der Waals surface area contributed by atoms with Crippen LogP contribution in [0.5, 0.6) is 0 Å². The van der Waals surface area contributed by atoms with E-state index in [9.17, 15) is 14.4 Å². The molecule has 198 valence electrons. The van der Waals surface area contributed by atoms with Gasteiger partial charge in [-0.1, -0.05) is 41.9 Å². The van der Waals surface area contributed by atoms with Crippen LogP contribution in [0.4, 0.5) is 16.2 Å². The molecule has 3 N–H and O–H groups in total. The highest BCUT2D eigenvalue weighted by Crippen LogP contribution is 2.42. The Bertz CT molecular complexity index is 1930. The lowest BCUT2D eigenvalue weighted by Gasteiger charge is -2.21. The van der Waals surface area contributed by atoms with Crippen molar-refractivity contribution in [2.45, 2.75) is 13.5 Å². The van der Waals surface area contributed by atoms with E-state index >= 15 is 0 Å². The highest BCUT2D eigenvalue weighted by Gasteiger charge is 2.30. The van der Waals surface area contributed by atoms with Crippen molar-refractivity contribution in [3.05, 3.63) is 94.0 Å². The van der Waals surface area contributed by atoms with Crippen LogP contribution >= 0.6 is 11.6 Å². The molecule has 2 aliphatic rings. The number of nitrogens with one attached hydrogen (secondary N) is 1. The van der Waals surface area contributed by atoms with Crippen LogP contribution in [0.2, 0.25) is 5.02 Å². The fourth-order valence-electron chi connectivity index (χ4n) is 5.90. The number of nitrogens with zero attached hydrogens (tertiary/aromatic N) is 2. The van der Waals surface area contributed by atoms with Gasteiger partial charge in [0.2, 0.25) is 0 Å². The largest absolute Gasteiger partial charge is 0.447 e. The van der Waals surface area contributed by atoms with Gasteiger partial charge < -0.3 is 20.4 Å². The molecule has 0 aliphatic carbocycles. The topological polar surface area (TPSA) is 109 Å². The Morgan fingerprint density at radius 3 is 2.60 bits per heavy atom. The summed E-state index contributed by atoms with van der Waals surface area (Å²) in [7, 11) is 0. The van der Waals surface area contributed by atoms with Gasteiger partial charge in [-0.25, -0.2) is 4.79 Å². The number of benzene rings is 4. The number of hydrogen-bond donors (Lipinski definition) is 2. The van der Waals surface area contributed by atoms with Crippen LogP contribution in [0.1, 0.15) is 31.8 Å². The van der Waals surface area contributed by atoms with Gasteiger partial charge in [0, 0.05) is 38.3 Å². The van der Waals surface area contributed by atoms with Crippen molar-refractivity contribution in [3.8, 4) is 11.1 Å². The van der Waals surface area contributed by atoms with Gasteiger partial charge >= 0.3 is 6.09 Å². The van der Waals surface area contributed by atoms with Crippen LogP contribution in [0, 0.1) is 6.92 Å². The lowest BCUT2D eigenvalue weighted by molar-refractivity contribution is 0.0990. The minimum absolute atomic E-state index is 0.0907. The molecule has 5 aromatic rings. The Morgan fingerprint density at radius 1 is 0.975 bits per heavy atom. The van der Waals surface area contributed by atoms with Crippen LogP contribution in [0.25, 0.3) is 32.9 Å². The second kappa shape index (κ2) is 8.86. The molecule has 9 heteroatoms. The standard InChI is InChI=1S/C31H23ClN4O4/c1-16-20(3-2-4-26(16)36-15-17-5-6-18(32)13-24(17)30(36)38)21-9-10-23(29(33)37)28-27(21)22-8-7-19(14-25(22)34-28)35-11-12-40-31(35)39/h2-10,13-14,34H,11-12,15H2,1H3,(H2,33,37). The zero-order chi connectivity index (χ0) is 27.7. The van der Waals surface area contributed by atoms with Crippen LogP contribution in [-0.4, -0.2) is 36.0 Å². The third-order valence-electron chi connectivity index (χ3n) is 7.84. The van der Waals surface area contributed by atoms with Gasteiger partial charge in [-0.15, -0.1) is 0 Å². The minimum atomic E-state index is -0.545. The van der Waals surface area contributed by atoms with Crippen molar-refractivity contribution in [2.75, 3.05) is 23.0 Å². The Kier molecular flexibility index (Phi) is 5.37. The molecule has 4 aromatic carbocycles. The number of carbonyl (C=O) groups excluding carboxylic acids is 3. The van der Waals surface area contributed by atoms with Gasteiger partial charge in [0.25, 0.3) is 11.8 Å². The van der Waals surface area contributed by atoms with E-state index in [2.05, 4.69) is 4.98 Å². The Morgan fingerprint density at radius 2 is 1.82 bits per heavy atom. The molecule has 2 aliphatic heterocycles. The predicted octanol–water partition coefficient (Wildman–Crippen LogP) is 6.17. The van der Waals surface area contributed by atoms with E-state index in [0.717, 1.165) is 44.2 Å². The summed E-state index contributed by atoms with van der Waals surface area (Å²) in [6.45, 7) is 3.26. The van der Waals surface area contributed by atoms with E-state index in [0.29, 0.717) is 47.1 Å². The average molecular weight is 551 g/mol. The molecule has 1 saturated heterocycles. The van der Waals surface area contributed by atoms with Crippen LogP contribution < -0.4 is 15.5 Å². The van der Waals surface area contributed by atoms with E-state index in [1.54, 1.807) is 28.0 Å². The van der Waals surface area contributed by atoms with Gasteiger partial charge in [0.05, 0.1) is 24.2 Å². The van der Waals surface area contributed by atoms with Crippen molar-refractivity contribution >= 4 is 62.7 Å². The third kappa shape index (κ3) is 3.56. The SMILES string of the molecule is Cc1c(-c2ccc(C(N)=O)c3[nH]c4cc(N5CCOC5=O)ccc4c23)cccc1N1Cc2ccc(Cl)cc2C1=O. The number of amides is 3. The van der Waals surface area contributed by atoms with E-state index in [1.807, 2.05) is 55.5 Å². The van der Waals surface area contributed by atoms with E-state index < -0.39 is 5.91 Å². The summed E-state index contributed by atoms with van der Waals surface area (Å²) in [6.07, 6.45) is -0.387. The van der Waals surface area contributed by atoms with Gasteiger partial charge in [-0.05, 0) is 65.6 Å². The number of hydrogen-bond acceptors (Lipinski definition) is 4. The second-order valence-corrected chi connectivity index (χ2v) is 10.5. The van der Waals surface area contributed by atoms with Gasteiger partial charge in [-0.2, -0.15) is 0 Å². The molecule has 0 radical (unpaired) electrons. The van der Waals surface area contributed by atoms with E-state index in [-0.39, 0.29) is 12.0 Å². The van der Waals surface area contributed by atoms with Crippen LogP contribution in [0.15, 0.2) is 66.7 Å². The molecule has 8 nitrogen and oxygen atoms in total. The van der Waals surface area contributed by atoms with Gasteiger partial charge in [-0.3, -0.25) is 14.5 Å². The Hall–Kier alpha value is -4.82. The number of halogens is 1. The number of aromatic nitrogens is 1. The molecule has 1 fully saturated rings. The molecule has 3 heterocycles. The number of H-pyrrole nitrogens is 1. The van der Waals surface area contributed by atoms with Crippen molar-refractivity contribution in [3.63, 3.8) is 0 Å². The highest BCUT2D eigenvalue weighted by atomic mass is 35.5. The first-order valence-corrected chi connectivity index (χ1v) is 13.2. The first-order valence-electron chi connectivity index (χ1n) is 12.8. The maximum absolute atomic E-state index is 13.4. The fourth-order valence-corrected chi connectivity index (χ4v) is 6.07. The summed E-state index contributed by atoms with van der Waals surface area (Å²) in [5, 5.41) is 2.25. The maximum atomic E-state index is 13.4. The van der Waals surface area contributed by atoms with Gasteiger partial charge in [0.15, 0.2) is 0 Å². The summed E-state index contributed by atoms with van der Waals surface area (Å²) >= 11 is 6.17. The lowest BCUT2D eigenvalue weighted by Crippen LogP contribution is -2.24. The zero-order valence-corrected chi connectivity index (χ0v) is 22.2. The summed E-state index contributed by atoms with van der Waals surface area (Å²) in [4.78, 5) is 44.6. The first-order chi connectivity index (χ1) is 19.3. The third-order valence-corrected chi connectivity index (χ3v) is 8.07. The Labute approximate surface area is 233 Å². The molecule has 40 heavy (non-hydrogen) atoms. The molecule has 0 spiro atoms. The molecule has 3 amide bonds. The number of ether oxygens (including phenoxy) is 1. The summed E-state index contributed by atoms with van der Waals surface area (Å²) in [5.74, 6) is -0.636. The van der Waals surface area contributed by atoms with Crippen molar-refractivity contribution in [2.24, 2.45) is 5.73 Å². The number of aromatic amines is 1. The van der Waals surface area contributed by atoms with Crippen LogP contribution in [-0.2, 0) is 11.3 Å². The number of nitrogens with two attached hydrogens (primary N) is 1. The van der Waals surface area contributed by atoms with Crippen molar-refractivity contribution < 1.29 is 19.1 Å². The molecule has 0 bridgehead atoms. The predicted molar refractivity (Wildman–Crippen MR) is 155 cm³/mol. The monoisotopic (exact) mass is 550 g/mol. The molecule has 7 rings (SSSR count). The number of fused-ring (bicyclic) bond motifs is 4. The zero-order valence-electron chi connectivity index (χ0n) is 21.5. The second-order valence-electron chi connectivity index (χ2n) is 10.0. The number of primary amides is 1. The number of cyclic esters (lactones) is 1. The quantitative estimate of drug-likeness (QED) is 0.279. The summed E-state index contributed by atoms with van der Waals surface area (Å²) in [5.41, 5.74) is 13.3. The summed E-state index contributed by atoms with van der Waals surface area (Å²) < 4.78 is 5.10.